The third-order valence-corrected chi connectivity index (χ3v) is 1.88. The van der Waals surface area contributed by atoms with Crippen molar-refractivity contribution in [1.82, 2.24) is 21.3 Å². The lowest BCUT2D eigenvalue weighted by Crippen LogP contribution is -2.51. The molecule has 0 aromatic heterocycles. The maximum Gasteiger partial charge on any atom is 0.0536 e. The third kappa shape index (κ3) is 1.67. The number of nitrogens with zero attached hydrogens (tertiary/aromatic N) is 1. The number of rotatable bonds is 3. The van der Waals surface area contributed by atoms with E-state index in [1.807, 2.05) is 19.2 Å². The van der Waals surface area contributed by atoms with Crippen LogP contribution in [0.1, 0.15) is 6.42 Å². The normalized spacial score (nSPS) is 26.1. The highest BCUT2D eigenvalue weighted by atomic mass is 15.7. The van der Waals surface area contributed by atoms with Gasteiger partial charge in [0.1, 0.15) is 0 Å². The summed E-state index contributed by atoms with van der Waals surface area (Å²) in [6.45, 7) is 2.20. The zero-order chi connectivity index (χ0) is 7.40. The van der Waals surface area contributed by atoms with Gasteiger partial charge in [0.2, 0.25) is 0 Å². The topological polar surface area (TPSA) is 39.3 Å². The van der Waals surface area contributed by atoms with Crippen LogP contribution in [0.5, 0.6) is 0 Å². The summed E-state index contributed by atoms with van der Waals surface area (Å²) in [7, 11) is 3.85. The summed E-state index contributed by atoms with van der Waals surface area (Å²) in [5, 5.41) is 5.33. The van der Waals surface area contributed by atoms with Gasteiger partial charge in [0, 0.05) is 20.6 Å². The van der Waals surface area contributed by atoms with Gasteiger partial charge in [-0.25, -0.2) is 10.9 Å². The van der Waals surface area contributed by atoms with Crippen LogP contribution in [-0.2, 0) is 0 Å². The minimum atomic E-state index is 0.593. The molecule has 10 heavy (non-hydrogen) atoms. The smallest absolute Gasteiger partial charge is 0.0536 e. The van der Waals surface area contributed by atoms with Gasteiger partial charge in [-0.15, -0.1) is 0 Å². The first-order valence-corrected chi connectivity index (χ1v) is 3.73. The van der Waals surface area contributed by atoms with Crippen LogP contribution in [-0.4, -0.2) is 38.3 Å². The highest BCUT2D eigenvalue weighted by molar-refractivity contribution is 4.75. The highest BCUT2D eigenvalue weighted by Gasteiger charge is 2.19. The lowest BCUT2D eigenvalue weighted by atomic mass is 10.3. The van der Waals surface area contributed by atoms with E-state index in [1.54, 1.807) is 0 Å². The van der Waals surface area contributed by atoms with E-state index in [0.717, 1.165) is 13.1 Å². The van der Waals surface area contributed by atoms with Crippen molar-refractivity contribution in [3.8, 4) is 0 Å². The van der Waals surface area contributed by atoms with E-state index in [9.17, 15) is 0 Å². The van der Waals surface area contributed by atoms with Crippen LogP contribution < -0.4 is 16.2 Å². The minimum absolute atomic E-state index is 0.593. The fraction of sp³-hybridized carbons (Fsp3) is 1.00. The quantitative estimate of drug-likeness (QED) is 0.441. The molecule has 0 aromatic carbocycles. The second-order valence-corrected chi connectivity index (χ2v) is 2.46. The maximum absolute atomic E-state index is 3.30. The lowest BCUT2D eigenvalue weighted by molar-refractivity contribution is 0.0932. The SMILES string of the molecule is CNN(NC)[C@@H]1CCNC1. The van der Waals surface area contributed by atoms with Gasteiger partial charge in [-0.2, -0.15) is 5.12 Å². The first-order valence-electron chi connectivity index (χ1n) is 3.73. The van der Waals surface area contributed by atoms with E-state index >= 15 is 0 Å². The molecule has 1 atom stereocenters. The molecular weight excluding hydrogens is 128 g/mol. The maximum atomic E-state index is 3.30. The molecule has 4 nitrogen and oxygen atoms in total. The predicted molar refractivity (Wildman–Crippen MR) is 41.2 cm³/mol. The molecule has 4 heteroatoms. The first kappa shape index (κ1) is 7.94. The summed E-state index contributed by atoms with van der Waals surface area (Å²) in [5.74, 6) is 0. The van der Waals surface area contributed by atoms with E-state index in [-0.39, 0.29) is 0 Å². The third-order valence-electron chi connectivity index (χ3n) is 1.88. The Morgan fingerprint density at radius 1 is 1.40 bits per heavy atom. The monoisotopic (exact) mass is 144 g/mol. The van der Waals surface area contributed by atoms with Crippen LogP contribution in [0.2, 0.25) is 0 Å². The van der Waals surface area contributed by atoms with Gasteiger partial charge in [0.15, 0.2) is 0 Å². The molecule has 60 valence electrons. The van der Waals surface area contributed by atoms with Gasteiger partial charge >= 0.3 is 0 Å². The van der Waals surface area contributed by atoms with Crippen molar-refractivity contribution < 1.29 is 0 Å². The second kappa shape index (κ2) is 3.88. The van der Waals surface area contributed by atoms with Crippen molar-refractivity contribution in [3.05, 3.63) is 0 Å². The zero-order valence-electron chi connectivity index (χ0n) is 6.65. The minimum Gasteiger partial charge on any atom is -0.315 e. The van der Waals surface area contributed by atoms with Crippen molar-refractivity contribution >= 4 is 0 Å². The van der Waals surface area contributed by atoms with Gasteiger partial charge in [-0.1, -0.05) is 0 Å². The molecule has 0 aromatic rings. The molecule has 0 saturated carbocycles. The van der Waals surface area contributed by atoms with Gasteiger partial charge < -0.3 is 5.32 Å². The fourth-order valence-electron chi connectivity index (χ4n) is 1.34. The Labute approximate surface area is 61.9 Å². The molecule has 0 radical (unpaired) electrons. The van der Waals surface area contributed by atoms with Crippen LogP contribution in [0.25, 0.3) is 0 Å². The van der Waals surface area contributed by atoms with E-state index in [2.05, 4.69) is 16.2 Å². The molecule has 0 bridgehead atoms. The summed E-state index contributed by atoms with van der Waals surface area (Å²) >= 11 is 0. The fourth-order valence-corrected chi connectivity index (χ4v) is 1.34. The lowest BCUT2D eigenvalue weighted by Gasteiger charge is -2.25. The Bertz CT molecular complexity index is 85.7. The molecule has 1 saturated heterocycles. The molecule has 1 fully saturated rings. The molecule has 1 aliphatic rings. The standard InChI is InChI=1S/C6H16N4/c1-7-10(8-2)6-3-4-9-5-6/h6-9H,3-5H2,1-2H3/t6-/m1/s1. The Hall–Kier alpha value is -0.160. The number of nitrogens with one attached hydrogen (secondary N) is 3. The van der Waals surface area contributed by atoms with E-state index in [1.165, 1.54) is 6.42 Å². The molecule has 3 N–H and O–H groups in total. The van der Waals surface area contributed by atoms with Gasteiger partial charge in [0.25, 0.3) is 0 Å². The van der Waals surface area contributed by atoms with E-state index in [0.29, 0.717) is 6.04 Å². The van der Waals surface area contributed by atoms with Crippen LogP contribution in [0.4, 0.5) is 0 Å². The van der Waals surface area contributed by atoms with E-state index in [4.69, 9.17) is 0 Å². The van der Waals surface area contributed by atoms with Gasteiger partial charge in [-0.3, -0.25) is 0 Å². The summed E-state index contributed by atoms with van der Waals surface area (Å²) in [6, 6.07) is 0.593. The predicted octanol–water partition coefficient (Wildman–Crippen LogP) is -1.08. The highest BCUT2D eigenvalue weighted by Crippen LogP contribution is 2.01. The average molecular weight is 144 g/mol. The molecule has 0 amide bonds. The number of hydrazine groups is 2. The van der Waals surface area contributed by atoms with Crippen molar-refractivity contribution in [2.45, 2.75) is 12.5 Å². The van der Waals surface area contributed by atoms with Crippen molar-refractivity contribution in [2.75, 3.05) is 27.2 Å². The largest absolute Gasteiger partial charge is 0.315 e. The van der Waals surface area contributed by atoms with Crippen LogP contribution in [0.15, 0.2) is 0 Å². The Balaban J connectivity index is 2.29. The Morgan fingerprint density at radius 2 is 2.10 bits per heavy atom. The molecular formula is C6H16N4. The molecule has 1 rings (SSSR count). The van der Waals surface area contributed by atoms with Crippen molar-refractivity contribution in [1.29, 1.82) is 0 Å². The van der Waals surface area contributed by atoms with E-state index < -0.39 is 0 Å². The van der Waals surface area contributed by atoms with Crippen molar-refractivity contribution in [2.24, 2.45) is 0 Å². The second-order valence-electron chi connectivity index (χ2n) is 2.46. The first-order chi connectivity index (χ1) is 4.88. The van der Waals surface area contributed by atoms with Crippen LogP contribution >= 0.6 is 0 Å². The van der Waals surface area contributed by atoms with Crippen LogP contribution in [0.3, 0.4) is 0 Å². The molecule has 1 heterocycles. The van der Waals surface area contributed by atoms with Gasteiger partial charge in [0.05, 0.1) is 6.04 Å². The molecule has 0 unspecified atom stereocenters. The number of hydrogen-bond acceptors (Lipinski definition) is 4. The Morgan fingerprint density at radius 3 is 2.50 bits per heavy atom. The summed E-state index contributed by atoms with van der Waals surface area (Å²) in [6.07, 6.45) is 1.21. The zero-order valence-corrected chi connectivity index (χ0v) is 6.65. The van der Waals surface area contributed by atoms with Crippen molar-refractivity contribution in [3.63, 3.8) is 0 Å². The average Bonchev–Trinajstić information content (AvgIpc) is 2.43. The number of hydrogen-bond donors (Lipinski definition) is 3. The summed E-state index contributed by atoms with van der Waals surface area (Å²) < 4.78 is 0. The van der Waals surface area contributed by atoms with Gasteiger partial charge in [-0.05, 0) is 13.0 Å². The summed E-state index contributed by atoms with van der Waals surface area (Å²) in [5.41, 5.74) is 6.15. The van der Waals surface area contributed by atoms with Crippen LogP contribution in [0, 0.1) is 0 Å². The molecule has 1 aliphatic heterocycles. The summed E-state index contributed by atoms with van der Waals surface area (Å²) in [4.78, 5) is 0. The molecule has 0 aliphatic carbocycles. The Kier molecular flexibility index (Phi) is 3.08. The molecule has 0 spiro atoms.